The van der Waals surface area contributed by atoms with Crippen molar-refractivity contribution >= 4 is 27.4 Å². The molecule has 3 rings (SSSR count). The summed E-state index contributed by atoms with van der Waals surface area (Å²) in [5, 5.41) is 23.3. The lowest BCUT2D eigenvalue weighted by molar-refractivity contribution is 0.0693. The minimum atomic E-state index is -3.87. The molecular weight excluding hydrogens is 478 g/mol. The Labute approximate surface area is 203 Å². The predicted molar refractivity (Wildman–Crippen MR) is 129 cm³/mol. The predicted octanol–water partition coefficient (Wildman–Crippen LogP) is 4.14. The number of aryl methyl sites for hydroxylation is 1. The Morgan fingerprint density at radius 3 is 2.41 bits per heavy atom. The van der Waals surface area contributed by atoms with Crippen molar-refractivity contribution in [3.8, 4) is 5.75 Å². The number of hydrogen-bond donors (Lipinski definition) is 3. The van der Waals surface area contributed by atoms with Crippen LogP contribution in [0.1, 0.15) is 34.0 Å². The summed E-state index contributed by atoms with van der Waals surface area (Å²) >= 11 is 5.95. The number of ether oxygens (including phenoxy) is 1. The maximum absolute atomic E-state index is 12.9. The number of nitrogens with one attached hydrogen (secondary N) is 1. The van der Waals surface area contributed by atoms with Crippen LogP contribution in [0.15, 0.2) is 76.5 Å². The molecule has 9 heteroatoms. The summed E-state index contributed by atoms with van der Waals surface area (Å²) in [4.78, 5) is 11.4. The van der Waals surface area contributed by atoms with E-state index < -0.39 is 21.9 Å². The van der Waals surface area contributed by atoms with Gasteiger partial charge in [0.05, 0.1) is 23.0 Å². The van der Waals surface area contributed by atoms with E-state index in [4.69, 9.17) is 16.3 Å². The first kappa shape index (κ1) is 25.7. The van der Waals surface area contributed by atoms with Gasteiger partial charge in [-0.2, -0.15) is 0 Å². The molecule has 3 aromatic carbocycles. The minimum absolute atomic E-state index is 0.0838. The lowest BCUT2D eigenvalue weighted by Crippen LogP contribution is -2.22. The van der Waals surface area contributed by atoms with Crippen LogP contribution in [-0.2, 0) is 16.3 Å². The summed E-state index contributed by atoms with van der Waals surface area (Å²) in [6.45, 7) is 1.08. The number of carboxylic acid groups (broad SMARTS) is 1. The fourth-order valence-electron chi connectivity index (χ4n) is 3.48. The summed E-state index contributed by atoms with van der Waals surface area (Å²) in [5.74, 6) is -1.17. The summed E-state index contributed by atoms with van der Waals surface area (Å²) in [5.41, 5.74) is 1.51. The molecule has 3 aromatic rings. The molecular formula is C25H26ClNO6S. The van der Waals surface area contributed by atoms with Gasteiger partial charge in [-0.1, -0.05) is 35.9 Å². The van der Waals surface area contributed by atoms with E-state index >= 15 is 0 Å². The van der Waals surface area contributed by atoms with Crippen molar-refractivity contribution in [1.29, 1.82) is 0 Å². The van der Waals surface area contributed by atoms with Gasteiger partial charge >= 0.3 is 5.97 Å². The highest BCUT2D eigenvalue weighted by Gasteiger charge is 2.21. The molecule has 7 nitrogen and oxygen atoms in total. The minimum Gasteiger partial charge on any atom is -0.496 e. The summed E-state index contributed by atoms with van der Waals surface area (Å²) < 4.78 is 30.9. The molecule has 34 heavy (non-hydrogen) atoms. The SMILES string of the molecule is COc1ccc(S(=O)(=O)c2ccc(CCCNC[C@H](O)c3cccc(Cl)c3)cc2)cc1C(=O)O. The molecule has 0 fully saturated rings. The molecule has 1 atom stereocenters. The Kier molecular flexibility index (Phi) is 8.68. The summed E-state index contributed by atoms with van der Waals surface area (Å²) in [6.07, 6.45) is 0.879. The van der Waals surface area contributed by atoms with Crippen LogP contribution >= 0.6 is 11.6 Å². The topological polar surface area (TPSA) is 113 Å². The molecule has 0 aliphatic rings. The van der Waals surface area contributed by atoms with E-state index in [-0.39, 0.29) is 21.1 Å². The van der Waals surface area contributed by atoms with Gasteiger partial charge in [0.15, 0.2) is 0 Å². The smallest absolute Gasteiger partial charge is 0.339 e. The van der Waals surface area contributed by atoms with Crippen LogP contribution in [0.5, 0.6) is 5.75 Å². The molecule has 180 valence electrons. The number of aromatic carboxylic acids is 1. The van der Waals surface area contributed by atoms with Gasteiger partial charge < -0.3 is 20.3 Å². The first-order chi connectivity index (χ1) is 16.2. The second kappa shape index (κ2) is 11.5. The standard InChI is InChI=1S/C25H26ClNO6S/c1-33-24-12-11-21(15-22(24)25(29)30)34(31,32)20-9-7-17(8-10-20)4-3-13-27-16-23(28)18-5-2-6-19(26)14-18/h2,5-12,14-15,23,27-28H,3-4,13,16H2,1H3,(H,29,30)/t23-/m0/s1. The monoisotopic (exact) mass is 503 g/mol. The molecule has 0 unspecified atom stereocenters. The van der Waals surface area contributed by atoms with Gasteiger partial charge in [0.1, 0.15) is 11.3 Å². The van der Waals surface area contributed by atoms with E-state index in [9.17, 15) is 23.4 Å². The molecule has 0 aliphatic carbocycles. The summed E-state index contributed by atoms with van der Waals surface area (Å²) in [7, 11) is -2.55. The Bertz CT molecular complexity index is 1240. The fourth-order valence-corrected chi connectivity index (χ4v) is 4.97. The van der Waals surface area contributed by atoms with Gasteiger partial charge in [-0.15, -0.1) is 0 Å². The molecule has 0 bridgehead atoms. The number of benzene rings is 3. The Morgan fingerprint density at radius 1 is 1.06 bits per heavy atom. The molecule has 0 heterocycles. The maximum atomic E-state index is 12.9. The zero-order valence-corrected chi connectivity index (χ0v) is 20.1. The number of aliphatic hydroxyl groups is 1. The number of rotatable bonds is 11. The van der Waals surface area contributed by atoms with Crippen molar-refractivity contribution in [1.82, 2.24) is 5.32 Å². The molecule has 0 aliphatic heterocycles. The molecule has 0 saturated carbocycles. The lowest BCUT2D eigenvalue weighted by atomic mass is 10.1. The van der Waals surface area contributed by atoms with E-state index in [1.54, 1.807) is 30.3 Å². The van der Waals surface area contributed by atoms with Gasteiger partial charge in [0, 0.05) is 11.6 Å². The number of halogens is 1. The molecule has 0 saturated heterocycles. The normalized spacial score (nSPS) is 12.3. The number of carboxylic acids is 1. The lowest BCUT2D eigenvalue weighted by Gasteiger charge is -2.12. The van der Waals surface area contributed by atoms with E-state index in [0.29, 0.717) is 18.1 Å². The second-order valence-corrected chi connectivity index (χ2v) is 10.1. The van der Waals surface area contributed by atoms with Crippen LogP contribution in [0, 0.1) is 0 Å². The van der Waals surface area contributed by atoms with Gasteiger partial charge in [0.2, 0.25) is 9.84 Å². The highest BCUT2D eigenvalue weighted by atomic mass is 35.5. The van der Waals surface area contributed by atoms with E-state index in [2.05, 4.69) is 5.32 Å². The quantitative estimate of drug-likeness (QED) is 0.337. The van der Waals surface area contributed by atoms with E-state index in [1.165, 1.54) is 31.4 Å². The third-order valence-corrected chi connectivity index (χ3v) is 7.34. The third kappa shape index (κ3) is 6.36. The number of methoxy groups -OCH3 is 1. The average Bonchev–Trinajstić information content (AvgIpc) is 2.83. The number of carbonyl (C=O) groups is 1. The van der Waals surface area contributed by atoms with Crippen molar-refractivity contribution < 1.29 is 28.2 Å². The van der Waals surface area contributed by atoms with Crippen LogP contribution in [0.4, 0.5) is 0 Å². The van der Waals surface area contributed by atoms with Crippen LogP contribution in [0.25, 0.3) is 0 Å². The molecule has 0 spiro atoms. The Balaban J connectivity index is 1.55. The molecule has 0 amide bonds. The highest BCUT2D eigenvalue weighted by Crippen LogP contribution is 2.27. The van der Waals surface area contributed by atoms with Crippen molar-refractivity contribution in [2.75, 3.05) is 20.2 Å². The largest absolute Gasteiger partial charge is 0.496 e. The van der Waals surface area contributed by atoms with E-state index in [0.717, 1.165) is 30.0 Å². The van der Waals surface area contributed by atoms with Crippen molar-refractivity contribution in [2.45, 2.75) is 28.7 Å². The fraction of sp³-hybridized carbons (Fsp3) is 0.240. The molecule has 0 radical (unpaired) electrons. The zero-order chi connectivity index (χ0) is 24.7. The van der Waals surface area contributed by atoms with Crippen LogP contribution in [-0.4, -0.2) is 44.8 Å². The van der Waals surface area contributed by atoms with Crippen molar-refractivity contribution in [3.05, 3.63) is 88.4 Å². The van der Waals surface area contributed by atoms with Gasteiger partial charge in [-0.25, -0.2) is 13.2 Å². The summed E-state index contributed by atoms with van der Waals surface area (Å²) in [6, 6.07) is 17.4. The Morgan fingerprint density at radius 2 is 1.76 bits per heavy atom. The second-order valence-electron chi connectivity index (χ2n) is 7.69. The van der Waals surface area contributed by atoms with Crippen LogP contribution in [0.3, 0.4) is 0 Å². The maximum Gasteiger partial charge on any atom is 0.339 e. The average molecular weight is 504 g/mol. The van der Waals surface area contributed by atoms with Crippen LogP contribution < -0.4 is 10.1 Å². The van der Waals surface area contributed by atoms with Crippen LogP contribution in [0.2, 0.25) is 5.02 Å². The van der Waals surface area contributed by atoms with Gasteiger partial charge in [-0.05, 0) is 73.0 Å². The molecule has 3 N–H and O–H groups in total. The highest BCUT2D eigenvalue weighted by molar-refractivity contribution is 7.91. The number of sulfone groups is 1. The van der Waals surface area contributed by atoms with Gasteiger partial charge in [-0.3, -0.25) is 0 Å². The van der Waals surface area contributed by atoms with Crippen molar-refractivity contribution in [3.63, 3.8) is 0 Å². The number of hydrogen-bond acceptors (Lipinski definition) is 6. The first-order valence-electron chi connectivity index (χ1n) is 10.6. The first-order valence-corrected chi connectivity index (χ1v) is 12.5. The van der Waals surface area contributed by atoms with Crippen molar-refractivity contribution in [2.24, 2.45) is 0 Å². The zero-order valence-electron chi connectivity index (χ0n) is 18.6. The molecule has 0 aromatic heterocycles. The Hall–Kier alpha value is -2.91. The van der Waals surface area contributed by atoms with Gasteiger partial charge in [0.25, 0.3) is 0 Å². The number of aliphatic hydroxyl groups excluding tert-OH is 1. The van der Waals surface area contributed by atoms with E-state index in [1.807, 2.05) is 6.07 Å². The third-order valence-electron chi connectivity index (χ3n) is 5.34.